The van der Waals surface area contributed by atoms with Gasteiger partial charge >= 0.3 is 5.97 Å². The highest BCUT2D eigenvalue weighted by molar-refractivity contribution is 7.89. The van der Waals surface area contributed by atoms with Crippen LogP contribution in [0.1, 0.15) is 24.5 Å². The molecule has 2 aromatic rings. The Balaban J connectivity index is 2.09. The van der Waals surface area contributed by atoms with Crippen LogP contribution in [-0.2, 0) is 25.1 Å². The largest absolute Gasteiger partial charge is 0.464 e. The third kappa shape index (κ3) is 3.02. The summed E-state index contributed by atoms with van der Waals surface area (Å²) in [6.07, 6.45) is 0.360. The van der Waals surface area contributed by atoms with Crippen molar-refractivity contribution in [3.8, 4) is 0 Å². The second kappa shape index (κ2) is 7.02. The molecule has 2 aromatic carbocycles. The van der Waals surface area contributed by atoms with Crippen LogP contribution in [0.3, 0.4) is 0 Å². The summed E-state index contributed by atoms with van der Waals surface area (Å²) in [6.45, 7) is 4.01. The van der Waals surface area contributed by atoms with Gasteiger partial charge in [0.15, 0.2) is 5.54 Å². The molecule has 0 bridgehead atoms. The maximum Gasteiger partial charge on any atom is 0.332 e. The van der Waals surface area contributed by atoms with Gasteiger partial charge in [-0.1, -0.05) is 41.4 Å². The van der Waals surface area contributed by atoms with E-state index >= 15 is 0 Å². The Labute approximate surface area is 158 Å². The minimum atomic E-state index is -3.85. The van der Waals surface area contributed by atoms with E-state index in [1.54, 1.807) is 55.5 Å². The fraction of sp³-hybridized carbons (Fsp3) is 0.316. The van der Waals surface area contributed by atoms with Gasteiger partial charge in [0.25, 0.3) is 0 Å². The van der Waals surface area contributed by atoms with E-state index in [-0.39, 0.29) is 18.0 Å². The number of carbonyl (C=O) groups is 1. The molecular weight excluding hydrogens is 374 g/mol. The van der Waals surface area contributed by atoms with Crippen LogP contribution >= 0.6 is 11.6 Å². The summed E-state index contributed by atoms with van der Waals surface area (Å²) in [4.78, 5) is 13.0. The van der Waals surface area contributed by atoms with E-state index in [4.69, 9.17) is 16.3 Å². The molecule has 1 heterocycles. The highest BCUT2D eigenvalue weighted by Crippen LogP contribution is 2.45. The zero-order valence-electron chi connectivity index (χ0n) is 14.6. The minimum absolute atomic E-state index is 0.158. The number of esters is 1. The van der Waals surface area contributed by atoms with Gasteiger partial charge in [0.2, 0.25) is 10.0 Å². The molecule has 1 atom stereocenters. The number of nitrogens with zero attached hydrogens (tertiary/aromatic N) is 1. The summed E-state index contributed by atoms with van der Waals surface area (Å²) in [5.74, 6) is -0.566. The topological polar surface area (TPSA) is 63.7 Å². The van der Waals surface area contributed by atoms with Crippen LogP contribution < -0.4 is 0 Å². The Hall–Kier alpha value is -1.89. The third-order valence-corrected chi connectivity index (χ3v) is 6.84. The molecule has 0 saturated carbocycles. The molecule has 0 amide bonds. The first kappa shape index (κ1) is 18.9. The first-order chi connectivity index (χ1) is 12.3. The second-order valence-electron chi connectivity index (χ2n) is 6.23. The molecule has 26 heavy (non-hydrogen) atoms. The molecule has 0 spiro atoms. The summed E-state index contributed by atoms with van der Waals surface area (Å²) in [7, 11) is -3.85. The number of halogens is 1. The SMILES string of the molecule is CCOC(=O)C1(c2ccc(Cl)cc2)CCN1S(=O)(=O)c1ccc(C)cc1. The Morgan fingerprint density at radius 2 is 1.77 bits per heavy atom. The first-order valence-corrected chi connectivity index (χ1v) is 10.2. The van der Waals surface area contributed by atoms with Crippen molar-refractivity contribution in [3.63, 3.8) is 0 Å². The van der Waals surface area contributed by atoms with Crippen molar-refractivity contribution in [1.29, 1.82) is 0 Å². The van der Waals surface area contributed by atoms with Crippen LogP contribution in [0, 0.1) is 6.92 Å². The normalized spacial score (nSPS) is 20.4. The predicted octanol–water partition coefficient (Wildman–Crippen LogP) is 3.50. The Bertz CT molecular complexity index is 910. The van der Waals surface area contributed by atoms with Crippen molar-refractivity contribution in [2.45, 2.75) is 30.7 Å². The maximum atomic E-state index is 13.2. The lowest BCUT2D eigenvalue weighted by molar-refractivity contribution is -0.162. The summed E-state index contributed by atoms with van der Waals surface area (Å²) < 4.78 is 32.8. The smallest absolute Gasteiger partial charge is 0.332 e. The van der Waals surface area contributed by atoms with Crippen molar-refractivity contribution in [2.75, 3.05) is 13.2 Å². The number of aryl methyl sites for hydroxylation is 1. The van der Waals surface area contributed by atoms with Crippen molar-refractivity contribution >= 4 is 27.6 Å². The number of carbonyl (C=O) groups excluding carboxylic acids is 1. The molecule has 1 fully saturated rings. The summed E-state index contributed by atoms with van der Waals surface area (Å²) in [5, 5.41) is 0.514. The molecule has 3 rings (SSSR count). The fourth-order valence-corrected chi connectivity index (χ4v) is 5.05. The van der Waals surface area contributed by atoms with E-state index in [1.807, 2.05) is 6.92 Å². The molecule has 1 saturated heterocycles. The van der Waals surface area contributed by atoms with Gasteiger partial charge in [0.05, 0.1) is 11.5 Å². The second-order valence-corrected chi connectivity index (χ2v) is 8.53. The van der Waals surface area contributed by atoms with Gasteiger partial charge in [0.1, 0.15) is 0 Å². The molecule has 138 valence electrons. The van der Waals surface area contributed by atoms with Gasteiger partial charge in [-0.3, -0.25) is 0 Å². The Morgan fingerprint density at radius 3 is 2.27 bits per heavy atom. The summed E-state index contributed by atoms with van der Waals surface area (Å²) in [5.41, 5.74) is 0.161. The number of sulfonamides is 1. The van der Waals surface area contributed by atoms with Crippen molar-refractivity contribution in [1.82, 2.24) is 4.31 Å². The minimum Gasteiger partial charge on any atom is -0.464 e. The summed E-state index contributed by atoms with van der Waals surface area (Å²) in [6, 6.07) is 13.2. The molecule has 1 unspecified atom stereocenters. The average Bonchev–Trinajstić information content (AvgIpc) is 2.56. The number of benzene rings is 2. The first-order valence-electron chi connectivity index (χ1n) is 8.35. The van der Waals surface area contributed by atoms with E-state index in [0.29, 0.717) is 17.0 Å². The zero-order chi connectivity index (χ0) is 18.9. The highest BCUT2D eigenvalue weighted by Gasteiger charge is 2.59. The number of ether oxygens (including phenoxy) is 1. The Morgan fingerprint density at radius 1 is 1.15 bits per heavy atom. The maximum absolute atomic E-state index is 13.2. The molecule has 0 radical (unpaired) electrons. The summed E-state index contributed by atoms with van der Waals surface area (Å²) >= 11 is 5.95. The van der Waals surface area contributed by atoms with Crippen molar-refractivity contribution in [3.05, 3.63) is 64.7 Å². The number of hydrogen-bond acceptors (Lipinski definition) is 4. The van der Waals surface area contributed by atoms with E-state index in [0.717, 1.165) is 5.56 Å². The quantitative estimate of drug-likeness (QED) is 0.729. The lowest BCUT2D eigenvalue weighted by atomic mass is 9.80. The van der Waals surface area contributed by atoms with Gasteiger partial charge in [0, 0.05) is 11.6 Å². The van der Waals surface area contributed by atoms with E-state index in [2.05, 4.69) is 0 Å². The highest BCUT2D eigenvalue weighted by atomic mass is 35.5. The Kier molecular flexibility index (Phi) is 5.10. The molecule has 1 aliphatic heterocycles. The van der Waals surface area contributed by atoms with Gasteiger partial charge < -0.3 is 4.74 Å². The monoisotopic (exact) mass is 393 g/mol. The van der Waals surface area contributed by atoms with Crippen molar-refractivity contribution in [2.24, 2.45) is 0 Å². The van der Waals surface area contributed by atoms with E-state index in [1.165, 1.54) is 4.31 Å². The van der Waals surface area contributed by atoms with Crippen LogP contribution in [0.4, 0.5) is 0 Å². The molecule has 5 nitrogen and oxygen atoms in total. The zero-order valence-corrected chi connectivity index (χ0v) is 16.2. The van der Waals surface area contributed by atoms with E-state index < -0.39 is 21.5 Å². The van der Waals surface area contributed by atoms with E-state index in [9.17, 15) is 13.2 Å². The third-order valence-electron chi connectivity index (χ3n) is 4.65. The van der Waals surface area contributed by atoms with Crippen molar-refractivity contribution < 1.29 is 17.9 Å². The van der Waals surface area contributed by atoms with Crippen LogP contribution in [0.5, 0.6) is 0 Å². The van der Waals surface area contributed by atoms with Crippen LogP contribution in [0.15, 0.2) is 53.4 Å². The average molecular weight is 394 g/mol. The molecule has 0 aliphatic carbocycles. The van der Waals surface area contributed by atoms with Crippen LogP contribution in [0.2, 0.25) is 5.02 Å². The van der Waals surface area contributed by atoms with Crippen LogP contribution in [0.25, 0.3) is 0 Å². The van der Waals surface area contributed by atoms with Gasteiger partial charge in [-0.15, -0.1) is 0 Å². The molecule has 0 N–H and O–H groups in total. The molecule has 7 heteroatoms. The predicted molar refractivity (Wildman–Crippen MR) is 99.5 cm³/mol. The van der Waals surface area contributed by atoms with Gasteiger partial charge in [-0.25, -0.2) is 13.2 Å². The standard InChI is InChI=1S/C19H20ClNO4S/c1-3-25-18(22)19(15-6-8-16(20)9-7-15)12-13-21(19)26(23,24)17-10-4-14(2)5-11-17/h4-11H,3,12-13H2,1-2H3. The van der Waals surface area contributed by atoms with Crippen LogP contribution in [-0.4, -0.2) is 31.8 Å². The lowest BCUT2D eigenvalue weighted by Gasteiger charge is -2.49. The van der Waals surface area contributed by atoms with Gasteiger partial charge in [-0.2, -0.15) is 4.31 Å². The van der Waals surface area contributed by atoms with Gasteiger partial charge in [-0.05, 0) is 50.1 Å². The number of rotatable bonds is 5. The fourth-order valence-electron chi connectivity index (χ4n) is 3.18. The number of hydrogen-bond donors (Lipinski definition) is 0. The lowest BCUT2D eigenvalue weighted by Crippen LogP contribution is -2.64. The molecular formula is C19H20ClNO4S. The molecule has 1 aliphatic rings. The molecule has 0 aromatic heterocycles.